The fourth-order valence-corrected chi connectivity index (χ4v) is 1.59. The van der Waals surface area contributed by atoms with Crippen LogP contribution in [0.4, 0.5) is 4.39 Å². The summed E-state index contributed by atoms with van der Waals surface area (Å²) in [5.41, 5.74) is 0.670. The van der Waals surface area contributed by atoms with E-state index in [1.54, 1.807) is 12.3 Å². The van der Waals surface area contributed by atoms with Gasteiger partial charge in [-0.25, -0.2) is 4.39 Å². The second-order valence-electron chi connectivity index (χ2n) is 2.42. The topological polar surface area (TPSA) is 15.8 Å². The summed E-state index contributed by atoms with van der Waals surface area (Å²) in [5, 5.41) is 1.06. The fourth-order valence-electron chi connectivity index (χ4n) is 1.13. The quantitative estimate of drug-likeness (QED) is 0.630. The van der Waals surface area contributed by atoms with Crippen molar-refractivity contribution >= 4 is 34.1 Å². The van der Waals surface area contributed by atoms with Crippen molar-refractivity contribution in [3.05, 3.63) is 34.2 Å². The largest absolute Gasteiger partial charge is 0.360 e. The van der Waals surface area contributed by atoms with Crippen molar-refractivity contribution in [2.24, 2.45) is 0 Å². The number of rotatable bonds is 0. The number of benzene rings is 1. The zero-order chi connectivity index (χ0) is 8.72. The third-order valence-corrected chi connectivity index (χ3v) is 2.37. The highest BCUT2D eigenvalue weighted by Crippen LogP contribution is 2.30. The number of H-pyrrole nitrogens is 1. The Hall–Kier alpha value is -0.730. The van der Waals surface area contributed by atoms with Crippen LogP contribution in [0.15, 0.2) is 18.3 Å². The first-order valence-corrected chi connectivity index (χ1v) is 4.06. The summed E-state index contributed by atoms with van der Waals surface area (Å²) >= 11 is 11.4. The predicted octanol–water partition coefficient (Wildman–Crippen LogP) is 3.61. The first kappa shape index (κ1) is 7.90. The molecular formula is C8H4Cl2FN. The molecule has 1 aromatic heterocycles. The normalized spacial score (nSPS) is 10.9. The van der Waals surface area contributed by atoms with Gasteiger partial charge in [-0.15, -0.1) is 0 Å². The van der Waals surface area contributed by atoms with E-state index in [1.165, 1.54) is 6.07 Å². The van der Waals surface area contributed by atoms with E-state index in [1.807, 2.05) is 0 Å². The molecule has 2 rings (SSSR count). The minimum absolute atomic E-state index is 0.107. The van der Waals surface area contributed by atoms with Crippen molar-refractivity contribution in [1.29, 1.82) is 0 Å². The van der Waals surface area contributed by atoms with Crippen molar-refractivity contribution in [3.63, 3.8) is 0 Å². The Morgan fingerprint density at radius 3 is 2.83 bits per heavy atom. The number of hydrogen-bond acceptors (Lipinski definition) is 0. The second-order valence-corrected chi connectivity index (χ2v) is 3.21. The summed E-state index contributed by atoms with van der Waals surface area (Å²) in [7, 11) is 0. The van der Waals surface area contributed by atoms with Gasteiger partial charge in [0.1, 0.15) is 5.82 Å². The average Bonchev–Trinajstić information content (AvgIpc) is 2.48. The van der Waals surface area contributed by atoms with Crippen LogP contribution in [-0.2, 0) is 0 Å². The van der Waals surface area contributed by atoms with E-state index in [0.29, 0.717) is 15.9 Å². The lowest BCUT2D eigenvalue weighted by molar-refractivity contribution is 0.630. The van der Waals surface area contributed by atoms with Gasteiger partial charge in [-0.3, -0.25) is 0 Å². The van der Waals surface area contributed by atoms with Crippen molar-refractivity contribution < 1.29 is 4.39 Å². The molecule has 2 aromatic rings. The van der Waals surface area contributed by atoms with Gasteiger partial charge < -0.3 is 4.98 Å². The van der Waals surface area contributed by atoms with Gasteiger partial charge >= 0.3 is 0 Å². The molecule has 0 saturated carbocycles. The minimum atomic E-state index is -0.492. The molecule has 62 valence electrons. The smallest absolute Gasteiger partial charge is 0.144 e. The predicted molar refractivity (Wildman–Crippen MR) is 48.3 cm³/mol. The molecule has 0 amide bonds. The van der Waals surface area contributed by atoms with Crippen LogP contribution in [-0.4, -0.2) is 4.98 Å². The lowest BCUT2D eigenvalue weighted by Crippen LogP contribution is -1.79. The van der Waals surface area contributed by atoms with Gasteiger partial charge in [-0.2, -0.15) is 0 Å². The van der Waals surface area contributed by atoms with E-state index in [9.17, 15) is 4.39 Å². The number of aromatic amines is 1. The lowest BCUT2D eigenvalue weighted by Gasteiger charge is -1.98. The van der Waals surface area contributed by atoms with E-state index >= 15 is 0 Å². The van der Waals surface area contributed by atoms with Crippen LogP contribution in [0.2, 0.25) is 10.0 Å². The summed E-state index contributed by atoms with van der Waals surface area (Å²) < 4.78 is 13.0. The van der Waals surface area contributed by atoms with E-state index in [2.05, 4.69) is 4.98 Å². The molecule has 0 atom stereocenters. The lowest BCUT2D eigenvalue weighted by atomic mass is 10.2. The Balaban J connectivity index is 2.97. The van der Waals surface area contributed by atoms with E-state index < -0.39 is 5.82 Å². The molecule has 12 heavy (non-hydrogen) atoms. The SMILES string of the molecule is Fc1cc(Cl)c2[nH]ccc2c1Cl. The molecule has 1 aromatic carbocycles. The molecule has 0 aliphatic carbocycles. The molecule has 0 saturated heterocycles. The number of aromatic nitrogens is 1. The maximum absolute atomic E-state index is 13.0. The first-order chi connectivity index (χ1) is 5.70. The standard InChI is InChI=1S/C8H4Cl2FN/c9-5-3-6(11)7(10)4-1-2-12-8(4)5/h1-3,12H. The summed E-state index contributed by atoms with van der Waals surface area (Å²) in [4.78, 5) is 2.87. The Kier molecular flexibility index (Phi) is 1.74. The highest BCUT2D eigenvalue weighted by molar-refractivity contribution is 6.40. The molecule has 0 aliphatic heterocycles. The van der Waals surface area contributed by atoms with Crippen LogP contribution in [0.5, 0.6) is 0 Å². The monoisotopic (exact) mass is 203 g/mol. The van der Waals surface area contributed by atoms with Crippen LogP contribution >= 0.6 is 23.2 Å². The number of fused-ring (bicyclic) bond motifs is 1. The van der Waals surface area contributed by atoms with Gasteiger partial charge in [-0.1, -0.05) is 23.2 Å². The molecule has 0 spiro atoms. The van der Waals surface area contributed by atoms with Gasteiger partial charge in [0.2, 0.25) is 0 Å². The third-order valence-electron chi connectivity index (χ3n) is 1.69. The van der Waals surface area contributed by atoms with Gasteiger partial charge in [0, 0.05) is 11.6 Å². The van der Waals surface area contributed by atoms with E-state index in [4.69, 9.17) is 23.2 Å². The highest BCUT2D eigenvalue weighted by Gasteiger charge is 2.09. The molecule has 1 heterocycles. The van der Waals surface area contributed by atoms with Crippen LogP contribution < -0.4 is 0 Å². The fraction of sp³-hybridized carbons (Fsp3) is 0. The van der Waals surface area contributed by atoms with Crippen molar-refractivity contribution in [2.45, 2.75) is 0 Å². The summed E-state index contributed by atoms with van der Waals surface area (Å²) in [6.45, 7) is 0. The van der Waals surface area contributed by atoms with Gasteiger partial charge in [0.05, 0.1) is 15.6 Å². The maximum Gasteiger partial charge on any atom is 0.144 e. The van der Waals surface area contributed by atoms with Crippen LogP contribution in [0.25, 0.3) is 10.9 Å². The van der Waals surface area contributed by atoms with Gasteiger partial charge in [-0.05, 0) is 12.1 Å². The van der Waals surface area contributed by atoms with Gasteiger partial charge in [0.15, 0.2) is 0 Å². The highest BCUT2D eigenvalue weighted by atomic mass is 35.5. The number of nitrogens with one attached hydrogen (secondary N) is 1. The summed E-state index contributed by atoms with van der Waals surface area (Å²) in [6, 6.07) is 2.88. The third kappa shape index (κ3) is 0.993. The molecule has 0 unspecified atom stereocenters. The zero-order valence-corrected chi connectivity index (χ0v) is 7.38. The van der Waals surface area contributed by atoms with Crippen molar-refractivity contribution in [3.8, 4) is 0 Å². The van der Waals surface area contributed by atoms with E-state index in [0.717, 1.165) is 0 Å². The number of hydrogen-bond donors (Lipinski definition) is 1. The van der Waals surface area contributed by atoms with Crippen LogP contribution in [0.3, 0.4) is 0 Å². The molecule has 4 heteroatoms. The molecule has 0 aliphatic rings. The Bertz CT molecular complexity index is 436. The molecular weight excluding hydrogens is 200 g/mol. The number of halogens is 3. The summed E-state index contributed by atoms with van der Waals surface area (Å²) in [5.74, 6) is -0.492. The average molecular weight is 204 g/mol. The Morgan fingerprint density at radius 2 is 2.08 bits per heavy atom. The molecule has 0 radical (unpaired) electrons. The molecule has 1 N–H and O–H groups in total. The molecule has 0 fully saturated rings. The Labute approximate surface area is 78.1 Å². The van der Waals surface area contributed by atoms with Crippen molar-refractivity contribution in [1.82, 2.24) is 4.98 Å². The zero-order valence-electron chi connectivity index (χ0n) is 5.87. The first-order valence-electron chi connectivity index (χ1n) is 3.30. The summed E-state index contributed by atoms with van der Waals surface area (Å²) in [6.07, 6.45) is 1.67. The second kappa shape index (κ2) is 2.64. The molecule has 0 bridgehead atoms. The van der Waals surface area contributed by atoms with E-state index in [-0.39, 0.29) is 5.02 Å². The van der Waals surface area contributed by atoms with Gasteiger partial charge in [0.25, 0.3) is 0 Å². The minimum Gasteiger partial charge on any atom is -0.360 e. The molecule has 1 nitrogen and oxygen atoms in total. The van der Waals surface area contributed by atoms with Crippen molar-refractivity contribution in [2.75, 3.05) is 0 Å². The maximum atomic E-state index is 13.0. The Morgan fingerprint density at radius 1 is 1.33 bits per heavy atom. The van der Waals surface area contributed by atoms with Crippen LogP contribution in [0, 0.1) is 5.82 Å². The van der Waals surface area contributed by atoms with Crippen LogP contribution in [0.1, 0.15) is 0 Å².